The van der Waals surface area contributed by atoms with E-state index in [-0.39, 0.29) is 24.0 Å². The second-order valence-corrected chi connectivity index (χ2v) is 4.86. The first-order chi connectivity index (χ1) is 10.2. The van der Waals surface area contributed by atoms with Gasteiger partial charge in [0.15, 0.2) is 5.96 Å². The molecule has 0 aliphatic heterocycles. The van der Waals surface area contributed by atoms with Gasteiger partial charge in [-0.05, 0) is 31.0 Å². The second kappa shape index (κ2) is 9.30. The summed E-state index contributed by atoms with van der Waals surface area (Å²) in [4.78, 5) is 4.34. The van der Waals surface area contributed by atoms with Crippen LogP contribution in [0.3, 0.4) is 0 Å². The first-order valence-electron chi connectivity index (χ1n) is 6.94. The summed E-state index contributed by atoms with van der Waals surface area (Å²) in [5, 5.41) is 3.06. The smallest absolute Gasteiger partial charge is 0.193 e. The Labute approximate surface area is 148 Å². The fourth-order valence-corrected chi connectivity index (χ4v) is 2.06. The molecule has 0 spiro atoms. The predicted octanol–water partition coefficient (Wildman–Crippen LogP) is 3.59. The van der Waals surface area contributed by atoms with Crippen molar-refractivity contribution in [3.05, 3.63) is 59.7 Å². The van der Waals surface area contributed by atoms with Gasteiger partial charge in [-0.1, -0.05) is 35.9 Å². The van der Waals surface area contributed by atoms with Crippen LogP contribution in [0.1, 0.15) is 11.1 Å². The van der Waals surface area contributed by atoms with Gasteiger partial charge in [-0.2, -0.15) is 0 Å². The van der Waals surface area contributed by atoms with Gasteiger partial charge in [0.2, 0.25) is 0 Å². The number of benzene rings is 2. The van der Waals surface area contributed by atoms with E-state index in [2.05, 4.69) is 41.5 Å². The first-order valence-corrected chi connectivity index (χ1v) is 6.94. The molecule has 0 aromatic heterocycles. The van der Waals surface area contributed by atoms with E-state index in [1.165, 1.54) is 11.1 Å². The number of nitrogens with one attached hydrogen (secondary N) is 1. The maximum Gasteiger partial charge on any atom is 0.193 e. The van der Waals surface area contributed by atoms with Crippen LogP contribution in [0.4, 0.5) is 5.69 Å². The number of aryl methyl sites for hydroxylation is 1. The molecule has 0 heterocycles. The maximum atomic E-state index is 5.89. The van der Waals surface area contributed by atoms with Gasteiger partial charge in [0.25, 0.3) is 0 Å². The minimum Gasteiger partial charge on any atom is -0.497 e. The lowest BCUT2D eigenvalue weighted by Crippen LogP contribution is -2.23. The minimum absolute atomic E-state index is 0. The van der Waals surface area contributed by atoms with Gasteiger partial charge >= 0.3 is 0 Å². The van der Waals surface area contributed by atoms with Crippen molar-refractivity contribution >= 4 is 35.6 Å². The molecule has 5 heteroatoms. The van der Waals surface area contributed by atoms with Gasteiger partial charge in [0.05, 0.1) is 7.11 Å². The molecule has 0 saturated carbocycles. The molecule has 0 bridgehead atoms. The van der Waals surface area contributed by atoms with Crippen LogP contribution < -0.4 is 15.8 Å². The van der Waals surface area contributed by atoms with Gasteiger partial charge < -0.3 is 15.8 Å². The molecule has 0 amide bonds. The molecule has 0 unspecified atom stereocenters. The van der Waals surface area contributed by atoms with E-state index in [1.54, 1.807) is 7.11 Å². The van der Waals surface area contributed by atoms with Crippen molar-refractivity contribution in [1.82, 2.24) is 0 Å². The SMILES string of the molecule is COc1cccc(NC(N)=NCCc2cccc(C)c2)c1.I. The molecule has 2 rings (SSSR count). The Hall–Kier alpha value is -1.76. The van der Waals surface area contributed by atoms with Crippen molar-refractivity contribution < 1.29 is 4.74 Å². The summed E-state index contributed by atoms with van der Waals surface area (Å²) in [5.74, 6) is 1.20. The largest absolute Gasteiger partial charge is 0.497 e. The van der Waals surface area contributed by atoms with Crippen LogP contribution in [-0.4, -0.2) is 19.6 Å². The van der Waals surface area contributed by atoms with Crippen molar-refractivity contribution in [1.29, 1.82) is 0 Å². The molecule has 0 aliphatic carbocycles. The molecule has 0 atom stereocenters. The number of hydrogen-bond donors (Lipinski definition) is 2. The molecule has 118 valence electrons. The predicted molar refractivity (Wildman–Crippen MR) is 103 cm³/mol. The topological polar surface area (TPSA) is 59.6 Å². The van der Waals surface area contributed by atoms with Crippen LogP contribution in [0.25, 0.3) is 0 Å². The number of hydrogen-bond acceptors (Lipinski definition) is 2. The van der Waals surface area contributed by atoms with Gasteiger partial charge in [-0.25, -0.2) is 0 Å². The highest BCUT2D eigenvalue weighted by atomic mass is 127. The number of methoxy groups -OCH3 is 1. The number of nitrogens with two attached hydrogens (primary N) is 1. The third-order valence-corrected chi connectivity index (χ3v) is 3.11. The average molecular weight is 411 g/mol. The first kappa shape index (κ1) is 18.3. The number of aliphatic imine (C=N–C) groups is 1. The molecular weight excluding hydrogens is 389 g/mol. The molecule has 0 saturated heterocycles. The molecule has 3 N–H and O–H groups in total. The minimum atomic E-state index is 0. The number of anilines is 1. The summed E-state index contributed by atoms with van der Waals surface area (Å²) < 4.78 is 5.17. The number of halogens is 1. The normalized spacial score (nSPS) is 10.7. The van der Waals surface area contributed by atoms with Crippen molar-refractivity contribution in [2.24, 2.45) is 10.7 Å². The summed E-state index contributed by atoms with van der Waals surface area (Å²) in [6.45, 7) is 2.75. The molecule has 2 aromatic carbocycles. The Morgan fingerprint density at radius 1 is 1.18 bits per heavy atom. The van der Waals surface area contributed by atoms with E-state index < -0.39 is 0 Å². The van der Waals surface area contributed by atoms with Gasteiger partial charge in [-0.15, -0.1) is 24.0 Å². The van der Waals surface area contributed by atoms with Gasteiger partial charge in [0.1, 0.15) is 5.75 Å². The van der Waals surface area contributed by atoms with Crippen molar-refractivity contribution in [2.75, 3.05) is 19.0 Å². The lowest BCUT2D eigenvalue weighted by atomic mass is 10.1. The summed E-state index contributed by atoms with van der Waals surface area (Å²) in [6.07, 6.45) is 0.877. The quantitative estimate of drug-likeness (QED) is 0.449. The average Bonchev–Trinajstić information content (AvgIpc) is 2.47. The summed E-state index contributed by atoms with van der Waals surface area (Å²) in [7, 11) is 1.64. The Morgan fingerprint density at radius 2 is 1.95 bits per heavy atom. The molecule has 0 aliphatic rings. The van der Waals surface area contributed by atoms with E-state index in [4.69, 9.17) is 10.5 Å². The summed E-state index contributed by atoms with van der Waals surface area (Å²) >= 11 is 0. The Kier molecular flexibility index (Phi) is 7.73. The monoisotopic (exact) mass is 411 g/mol. The van der Waals surface area contributed by atoms with Crippen LogP contribution in [-0.2, 0) is 6.42 Å². The van der Waals surface area contributed by atoms with E-state index in [0.717, 1.165) is 17.9 Å². The van der Waals surface area contributed by atoms with Gasteiger partial charge in [-0.3, -0.25) is 4.99 Å². The zero-order valence-corrected chi connectivity index (χ0v) is 15.2. The van der Waals surface area contributed by atoms with Crippen molar-refractivity contribution in [3.63, 3.8) is 0 Å². The highest BCUT2D eigenvalue weighted by Crippen LogP contribution is 2.16. The van der Waals surface area contributed by atoms with E-state index in [1.807, 2.05) is 24.3 Å². The zero-order valence-electron chi connectivity index (χ0n) is 12.9. The molecule has 22 heavy (non-hydrogen) atoms. The molecule has 2 aromatic rings. The van der Waals surface area contributed by atoms with Crippen LogP contribution in [0, 0.1) is 6.92 Å². The third kappa shape index (κ3) is 5.93. The highest BCUT2D eigenvalue weighted by Gasteiger charge is 1.98. The molecule has 0 radical (unpaired) electrons. The molecule has 0 fully saturated rings. The van der Waals surface area contributed by atoms with Crippen LogP contribution in [0.5, 0.6) is 5.75 Å². The van der Waals surface area contributed by atoms with Crippen molar-refractivity contribution in [3.8, 4) is 5.75 Å². The number of rotatable bonds is 5. The summed E-state index contributed by atoms with van der Waals surface area (Å²) in [6, 6.07) is 16.0. The number of nitrogens with zero attached hydrogens (tertiary/aromatic N) is 1. The van der Waals surface area contributed by atoms with E-state index in [9.17, 15) is 0 Å². The molecular formula is C17H22IN3O. The summed E-state index contributed by atoms with van der Waals surface area (Å²) in [5.41, 5.74) is 9.29. The number of ether oxygens (including phenoxy) is 1. The van der Waals surface area contributed by atoms with Crippen LogP contribution in [0.15, 0.2) is 53.5 Å². The Bertz CT molecular complexity index is 629. The Balaban J connectivity index is 0.00000242. The fourth-order valence-electron chi connectivity index (χ4n) is 2.06. The second-order valence-electron chi connectivity index (χ2n) is 4.86. The Morgan fingerprint density at radius 3 is 2.68 bits per heavy atom. The number of guanidine groups is 1. The van der Waals surface area contributed by atoms with E-state index >= 15 is 0 Å². The van der Waals surface area contributed by atoms with Gasteiger partial charge in [0, 0.05) is 18.3 Å². The standard InChI is InChI=1S/C17H21N3O.HI/c1-13-5-3-6-14(11-13)9-10-19-17(18)20-15-7-4-8-16(12-15)21-2;/h3-8,11-12H,9-10H2,1-2H3,(H3,18,19,20);1H. The lowest BCUT2D eigenvalue weighted by Gasteiger charge is -2.07. The maximum absolute atomic E-state index is 5.89. The van der Waals surface area contributed by atoms with Crippen molar-refractivity contribution in [2.45, 2.75) is 13.3 Å². The van der Waals surface area contributed by atoms with E-state index in [0.29, 0.717) is 12.5 Å². The highest BCUT2D eigenvalue weighted by molar-refractivity contribution is 14.0. The zero-order chi connectivity index (χ0) is 15.1. The fraction of sp³-hybridized carbons (Fsp3) is 0.235. The molecule has 4 nitrogen and oxygen atoms in total. The lowest BCUT2D eigenvalue weighted by molar-refractivity contribution is 0.415. The van der Waals surface area contributed by atoms with Crippen LogP contribution >= 0.6 is 24.0 Å². The third-order valence-electron chi connectivity index (χ3n) is 3.11. The van der Waals surface area contributed by atoms with Crippen LogP contribution in [0.2, 0.25) is 0 Å².